The minimum absolute atomic E-state index is 0.0624. The fraction of sp³-hybridized carbons (Fsp3) is 0.286. The molecule has 1 atom stereocenters. The van der Waals surface area contributed by atoms with Crippen molar-refractivity contribution in [2.45, 2.75) is 6.04 Å². The highest BCUT2D eigenvalue weighted by atomic mass is 32.1. The van der Waals surface area contributed by atoms with E-state index in [1.165, 1.54) is 25.7 Å². The summed E-state index contributed by atoms with van der Waals surface area (Å²) < 4.78 is 4.68. The van der Waals surface area contributed by atoms with Crippen LogP contribution in [0.4, 0.5) is 0 Å². The van der Waals surface area contributed by atoms with Crippen LogP contribution in [0.1, 0.15) is 11.6 Å². The number of β-amino-alcohol motifs (C(OH)–C–C–N with tert-alkyl or cyclic N) is 1. The van der Waals surface area contributed by atoms with E-state index < -0.39 is 0 Å². The minimum Gasteiger partial charge on any atom is -0.395 e. The summed E-state index contributed by atoms with van der Waals surface area (Å²) >= 11 is 1.85. The molecule has 1 aliphatic heterocycles. The van der Waals surface area contributed by atoms with E-state index in [0.717, 1.165) is 50.5 Å². The van der Waals surface area contributed by atoms with Gasteiger partial charge in [0, 0.05) is 65.0 Å². The quantitative estimate of drug-likeness (QED) is 0.369. The number of hydrogen-bond donors (Lipinski definition) is 1. The molecule has 6 rings (SSSR count). The molecule has 1 saturated heterocycles. The number of thiophene rings is 1. The number of fused-ring (bicyclic) bond motifs is 3. The second-order valence-electron chi connectivity index (χ2n) is 9.19. The van der Waals surface area contributed by atoms with Gasteiger partial charge in [0.2, 0.25) is 0 Å². The molecule has 0 radical (unpaired) electrons. The molecule has 1 unspecified atom stereocenters. The maximum atomic E-state index is 9.29. The van der Waals surface area contributed by atoms with Gasteiger partial charge in [-0.05, 0) is 23.8 Å². The first-order valence-electron chi connectivity index (χ1n) is 12.2. The summed E-state index contributed by atoms with van der Waals surface area (Å²) in [5.74, 6) is 0. The van der Waals surface area contributed by atoms with Crippen LogP contribution in [-0.2, 0) is 0 Å². The Labute approximate surface area is 209 Å². The Morgan fingerprint density at radius 2 is 1.57 bits per heavy atom. The Bertz CT molecular complexity index is 1420. The molecule has 2 aromatic heterocycles. The van der Waals surface area contributed by atoms with Crippen LogP contribution in [0, 0.1) is 0 Å². The highest BCUT2D eigenvalue weighted by molar-refractivity contribution is 7.25. The van der Waals surface area contributed by atoms with Crippen molar-refractivity contribution in [2.75, 3.05) is 45.9 Å². The second-order valence-corrected chi connectivity index (χ2v) is 10.3. The highest BCUT2D eigenvalue weighted by Gasteiger charge is 2.24. The molecular weight excluding hydrogens is 454 g/mol. The molecule has 3 aromatic carbocycles. The zero-order valence-corrected chi connectivity index (χ0v) is 20.4. The predicted octanol–water partition coefficient (Wildman–Crippen LogP) is 4.51. The average Bonchev–Trinajstić information content (AvgIpc) is 3.54. The van der Waals surface area contributed by atoms with E-state index in [-0.39, 0.29) is 12.6 Å². The van der Waals surface area contributed by atoms with Crippen molar-refractivity contribution in [3.63, 3.8) is 0 Å². The van der Waals surface area contributed by atoms with Crippen molar-refractivity contribution in [3.05, 3.63) is 84.6 Å². The van der Waals surface area contributed by atoms with Gasteiger partial charge in [0.05, 0.1) is 18.8 Å². The number of aliphatic hydroxyl groups excluding tert-OH is 1. The topological polar surface area (TPSA) is 57.4 Å². The molecule has 0 bridgehead atoms. The smallest absolute Gasteiger partial charge is 0.113 e. The lowest BCUT2D eigenvalue weighted by Crippen LogP contribution is -2.48. The monoisotopic (exact) mass is 483 g/mol. The van der Waals surface area contributed by atoms with Crippen LogP contribution in [0.5, 0.6) is 0 Å². The Morgan fingerprint density at radius 3 is 2.40 bits per heavy atom. The number of aliphatic hydroxyl groups is 1. The fourth-order valence-electron chi connectivity index (χ4n) is 5.04. The largest absolute Gasteiger partial charge is 0.395 e. The first kappa shape index (κ1) is 22.4. The van der Waals surface area contributed by atoms with E-state index >= 15 is 0 Å². The number of nitrogens with zero attached hydrogens (tertiary/aromatic N) is 5. The van der Waals surface area contributed by atoms with E-state index in [0.29, 0.717) is 0 Å². The van der Waals surface area contributed by atoms with Gasteiger partial charge in [-0.1, -0.05) is 59.8 Å². The van der Waals surface area contributed by atoms with Crippen LogP contribution in [-0.4, -0.2) is 75.8 Å². The molecule has 5 aromatic rings. The Morgan fingerprint density at radius 1 is 0.829 bits per heavy atom. The standard InChI is InChI=1S/C28H29N5OS/c34-17-16-31-12-14-32(15-13-31)20-26(33-19-25(29-30-33)21-6-2-1-3-7-21)22-10-11-28-24(18-22)23-8-4-5-9-27(23)35-28/h1-11,18-19,26,34H,12-17,20H2. The first-order chi connectivity index (χ1) is 17.3. The first-order valence-corrected chi connectivity index (χ1v) is 13.0. The van der Waals surface area contributed by atoms with Gasteiger partial charge >= 0.3 is 0 Å². The van der Waals surface area contributed by atoms with E-state index in [1.54, 1.807) is 0 Å². The van der Waals surface area contributed by atoms with Gasteiger partial charge < -0.3 is 5.11 Å². The maximum Gasteiger partial charge on any atom is 0.113 e. The molecule has 0 spiro atoms. The van der Waals surface area contributed by atoms with Crippen LogP contribution in [0.15, 0.2) is 79.0 Å². The zero-order valence-electron chi connectivity index (χ0n) is 19.6. The maximum absolute atomic E-state index is 9.29. The lowest BCUT2D eigenvalue weighted by molar-refractivity contribution is 0.105. The van der Waals surface area contributed by atoms with Crippen LogP contribution in [0.3, 0.4) is 0 Å². The third-order valence-corrected chi connectivity index (χ3v) is 8.15. The molecular formula is C28H29N5OS. The van der Waals surface area contributed by atoms with Gasteiger partial charge in [-0.25, -0.2) is 4.68 Å². The van der Waals surface area contributed by atoms with Crippen LogP contribution < -0.4 is 0 Å². The normalized spacial score (nSPS) is 16.3. The average molecular weight is 484 g/mol. The van der Waals surface area contributed by atoms with Crippen molar-refractivity contribution in [3.8, 4) is 11.3 Å². The van der Waals surface area contributed by atoms with E-state index in [9.17, 15) is 5.11 Å². The van der Waals surface area contributed by atoms with Crippen LogP contribution in [0.2, 0.25) is 0 Å². The van der Waals surface area contributed by atoms with Gasteiger partial charge in [-0.15, -0.1) is 16.4 Å². The van der Waals surface area contributed by atoms with Crippen molar-refractivity contribution < 1.29 is 5.11 Å². The van der Waals surface area contributed by atoms with Gasteiger partial charge in [0.15, 0.2) is 0 Å². The minimum atomic E-state index is 0.0624. The van der Waals surface area contributed by atoms with Gasteiger partial charge in [-0.3, -0.25) is 9.80 Å². The molecule has 0 saturated carbocycles. The number of piperazine rings is 1. The lowest BCUT2D eigenvalue weighted by atomic mass is 10.0. The van der Waals surface area contributed by atoms with Crippen LogP contribution >= 0.6 is 11.3 Å². The lowest BCUT2D eigenvalue weighted by Gasteiger charge is -2.36. The number of rotatable bonds is 7. The fourth-order valence-corrected chi connectivity index (χ4v) is 6.13. The molecule has 3 heterocycles. The van der Waals surface area contributed by atoms with E-state index in [1.807, 2.05) is 34.2 Å². The summed E-state index contributed by atoms with van der Waals surface area (Å²) in [6.45, 7) is 5.78. The summed E-state index contributed by atoms with van der Waals surface area (Å²) in [5.41, 5.74) is 3.23. The number of benzene rings is 3. The van der Waals surface area contributed by atoms with E-state index in [2.05, 4.69) is 80.9 Å². The number of aromatic nitrogens is 3. The summed E-state index contributed by atoms with van der Waals surface area (Å²) in [6.07, 6.45) is 2.08. The van der Waals surface area contributed by atoms with Crippen LogP contribution in [0.25, 0.3) is 31.4 Å². The molecule has 1 fully saturated rings. The summed E-state index contributed by atoms with van der Waals surface area (Å²) in [4.78, 5) is 4.84. The summed E-state index contributed by atoms with van der Waals surface area (Å²) in [7, 11) is 0. The molecule has 35 heavy (non-hydrogen) atoms. The number of hydrogen-bond acceptors (Lipinski definition) is 6. The Kier molecular flexibility index (Phi) is 6.31. The van der Waals surface area contributed by atoms with Gasteiger partial charge in [0.25, 0.3) is 0 Å². The van der Waals surface area contributed by atoms with Crippen molar-refractivity contribution >= 4 is 31.5 Å². The molecule has 1 N–H and O–H groups in total. The SMILES string of the molecule is OCCN1CCN(CC(c2ccc3sc4ccccc4c3c2)n2cc(-c3ccccc3)nn2)CC1. The highest BCUT2D eigenvalue weighted by Crippen LogP contribution is 2.36. The molecule has 0 amide bonds. The molecule has 0 aliphatic carbocycles. The molecule has 178 valence electrons. The van der Waals surface area contributed by atoms with E-state index in [4.69, 9.17) is 0 Å². The molecule has 6 nitrogen and oxygen atoms in total. The van der Waals surface area contributed by atoms with Crippen molar-refractivity contribution in [2.24, 2.45) is 0 Å². The summed E-state index contributed by atoms with van der Waals surface area (Å²) in [5, 5.41) is 21.1. The second kappa shape index (κ2) is 9.87. The van der Waals surface area contributed by atoms with Crippen molar-refractivity contribution in [1.29, 1.82) is 0 Å². The van der Waals surface area contributed by atoms with Crippen molar-refractivity contribution in [1.82, 2.24) is 24.8 Å². The third-order valence-electron chi connectivity index (χ3n) is 7.00. The Balaban J connectivity index is 1.35. The molecule has 7 heteroatoms. The third kappa shape index (κ3) is 4.60. The van der Waals surface area contributed by atoms with Gasteiger partial charge in [0.1, 0.15) is 5.69 Å². The zero-order chi connectivity index (χ0) is 23.6. The van der Waals surface area contributed by atoms with Gasteiger partial charge in [-0.2, -0.15) is 0 Å². The Hall–Kier alpha value is -3.10. The summed E-state index contributed by atoms with van der Waals surface area (Å²) in [6, 6.07) is 25.8. The molecule has 1 aliphatic rings. The predicted molar refractivity (Wildman–Crippen MR) is 143 cm³/mol.